The molecule has 0 aliphatic heterocycles. The Balaban J connectivity index is 2.26. The summed E-state index contributed by atoms with van der Waals surface area (Å²) in [7, 11) is 0. The predicted octanol–water partition coefficient (Wildman–Crippen LogP) is 1.55. The number of aromatic nitrogens is 4. The molecule has 0 saturated carbocycles. The fraction of sp³-hybridized carbons (Fsp3) is 0. The van der Waals surface area contributed by atoms with Crippen LogP contribution in [0.4, 0.5) is 0 Å². The van der Waals surface area contributed by atoms with Gasteiger partial charge < -0.3 is 5.11 Å². The fourth-order valence-electron chi connectivity index (χ4n) is 1.51. The van der Waals surface area contributed by atoms with Crippen molar-refractivity contribution in [1.82, 2.24) is 19.6 Å². The second-order valence-electron chi connectivity index (χ2n) is 3.35. The van der Waals surface area contributed by atoms with E-state index in [1.165, 1.54) is 23.6 Å². The zero-order chi connectivity index (χ0) is 11.8. The van der Waals surface area contributed by atoms with Crippen molar-refractivity contribution in [2.45, 2.75) is 0 Å². The lowest BCUT2D eigenvalue weighted by Crippen LogP contribution is -1.99. The molecule has 0 aliphatic carbocycles. The number of carbonyl (C=O) groups is 1. The Hall–Kier alpha value is -2.28. The molecule has 0 spiro atoms. The molecule has 1 N–H and O–H groups in total. The highest BCUT2D eigenvalue weighted by Crippen LogP contribution is 2.18. The van der Waals surface area contributed by atoms with Crippen molar-refractivity contribution in [3.63, 3.8) is 0 Å². The lowest BCUT2D eigenvalue weighted by atomic mass is 10.3. The van der Waals surface area contributed by atoms with Gasteiger partial charge in [-0.3, -0.25) is 4.40 Å². The van der Waals surface area contributed by atoms with E-state index in [1.807, 2.05) is 5.38 Å². The lowest BCUT2D eigenvalue weighted by molar-refractivity contribution is 0.0696. The smallest absolute Gasteiger partial charge is 0.337 e. The Bertz CT molecular complexity index is 689. The minimum Gasteiger partial charge on any atom is -0.478 e. The summed E-state index contributed by atoms with van der Waals surface area (Å²) in [4.78, 5) is 15.0. The number of nitrogens with zero attached hydrogens (tertiary/aromatic N) is 4. The van der Waals surface area contributed by atoms with E-state index in [-0.39, 0.29) is 5.56 Å². The van der Waals surface area contributed by atoms with Crippen molar-refractivity contribution in [3.8, 4) is 11.5 Å². The van der Waals surface area contributed by atoms with Gasteiger partial charge in [0.15, 0.2) is 11.5 Å². The van der Waals surface area contributed by atoms with Crippen LogP contribution in [-0.4, -0.2) is 30.7 Å². The van der Waals surface area contributed by atoms with E-state index in [0.717, 1.165) is 0 Å². The van der Waals surface area contributed by atoms with Gasteiger partial charge in [-0.15, -0.1) is 21.5 Å². The fourth-order valence-corrected chi connectivity index (χ4v) is 2.05. The van der Waals surface area contributed by atoms with Crippen molar-refractivity contribution < 1.29 is 9.90 Å². The second kappa shape index (κ2) is 3.63. The Kier molecular flexibility index (Phi) is 2.12. The van der Waals surface area contributed by atoms with Crippen LogP contribution in [0.1, 0.15) is 10.4 Å². The van der Waals surface area contributed by atoms with Crippen LogP contribution in [0.5, 0.6) is 0 Å². The average molecular weight is 246 g/mol. The number of fused-ring (bicyclic) bond motifs is 1. The monoisotopic (exact) mass is 246 g/mol. The van der Waals surface area contributed by atoms with Crippen LogP contribution < -0.4 is 0 Å². The van der Waals surface area contributed by atoms with Gasteiger partial charge in [0.2, 0.25) is 0 Å². The Morgan fingerprint density at radius 2 is 2.24 bits per heavy atom. The standard InChI is InChI=1S/C10H6N4O2S/c15-10(16)6-1-2-8-12-13-9(14(8)3-6)7-4-17-5-11-7/h1-5H,(H,15,16). The number of rotatable bonds is 2. The average Bonchev–Trinajstić information content (AvgIpc) is 2.96. The number of aromatic carboxylic acids is 1. The van der Waals surface area contributed by atoms with E-state index in [2.05, 4.69) is 15.2 Å². The third-order valence-electron chi connectivity index (χ3n) is 2.31. The third kappa shape index (κ3) is 1.56. The number of hydrogen-bond donors (Lipinski definition) is 1. The van der Waals surface area contributed by atoms with Crippen molar-refractivity contribution >= 4 is 23.0 Å². The summed E-state index contributed by atoms with van der Waals surface area (Å²) in [6.07, 6.45) is 1.49. The normalized spacial score (nSPS) is 10.8. The van der Waals surface area contributed by atoms with E-state index >= 15 is 0 Å². The zero-order valence-electron chi connectivity index (χ0n) is 8.44. The highest BCUT2D eigenvalue weighted by molar-refractivity contribution is 7.07. The quantitative estimate of drug-likeness (QED) is 0.742. The number of thiazole rings is 1. The van der Waals surface area contributed by atoms with Gasteiger partial charge in [0.25, 0.3) is 0 Å². The van der Waals surface area contributed by atoms with Crippen LogP contribution in [0.15, 0.2) is 29.2 Å². The molecular weight excluding hydrogens is 240 g/mol. The van der Waals surface area contributed by atoms with Crippen molar-refractivity contribution in [1.29, 1.82) is 0 Å². The number of hydrogen-bond acceptors (Lipinski definition) is 5. The second-order valence-corrected chi connectivity index (χ2v) is 4.07. The van der Waals surface area contributed by atoms with Gasteiger partial charge in [-0.25, -0.2) is 9.78 Å². The van der Waals surface area contributed by atoms with E-state index < -0.39 is 5.97 Å². The predicted molar refractivity (Wildman–Crippen MR) is 61.1 cm³/mol. The lowest BCUT2D eigenvalue weighted by Gasteiger charge is -1.98. The molecule has 0 amide bonds. The number of pyridine rings is 1. The number of carboxylic acids is 1. The highest BCUT2D eigenvalue weighted by Gasteiger charge is 2.11. The summed E-state index contributed by atoms with van der Waals surface area (Å²) in [5, 5.41) is 18.7. The van der Waals surface area contributed by atoms with Crippen LogP contribution in [0, 0.1) is 0 Å². The van der Waals surface area contributed by atoms with Crippen molar-refractivity contribution in [3.05, 3.63) is 34.8 Å². The molecule has 0 unspecified atom stereocenters. The van der Waals surface area contributed by atoms with E-state index in [9.17, 15) is 4.79 Å². The van der Waals surface area contributed by atoms with Crippen LogP contribution in [-0.2, 0) is 0 Å². The molecule has 7 heteroatoms. The maximum atomic E-state index is 10.9. The van der Waals surface area contributed by atoms with Crippen molar-refractivity contribution in [2.75, 3.05) is 0 Å². The summed E-state index contributed by atoms with van der Waals surface area (Å²) in [6, 6.07) is 3.11. The maximum absolute atomic E-state index is 10.9. The van der Waals surface area contributed by atoms with Crippen LogP contribution in [0.3, 0.4) is 0 Å². The molecule has 0 radical (unpaired) electrons. The minimum atomic E-state index is -0.982. The molecule has 84 valence electrons. The minimum absolute atomic E-state index is 0.189. The summed E-state index contributed by atoms with van der Waals surface area (Å²) >= 11 is 1.45. The maximum Gasteiger partial charge on any atom is 0.337 e. The molecule has 0 bridgehead atoms. The molecule has 3 aromatic rings. The Morgan fingerprint density at radius 1 is 1.35 bits per heavy atom. The zero-order valence-corrected chi connectivity index (χ0v) is 9.26. The first-order valence-electron chi connectivity index (χ1n) is 4.72. The third-order valence-corrected chi connectivity index (χ3v) is 2.90. The van der Waals surface area contributed by atoms with Gasteiger partial charge in [-0.2, -0.15) is 0 Å². The van der Waals surface area contributed by atoms with Gasteiger partial charge in [0.05, 0.1) is 11.1 Å². The number of carboxylic acid groups (broad SMARTS) is 1. The molecule has 17 heavy (non-hydrogen) atoms. The summed E-state index contributed by atoms with van der Waals surface area (Å²) in [5.74, 6) is -0.436. The molecular formula is C10H6N4O2S. The Labute approximate surface area is 99.2 Å². The summed E-state index contributed by atoms with van der Waals surface area (Å²) < 4.78 is 1.62. The van der Waals surface area contributed by atoms with E-state index in [1.54, 1.807) is 16.0 Å². The summed E-state index contributed by atoms with van der Waals surface area (Å²) in [6.45, 7) is 0. The van der Waals surface area contributed by atoms with Crippen LogP contribution >= 0.6 is 11.3 Å². The molecule has 0 atom stereocenters. The SMILES string of the molecule is O=C(O)c1ccc2nnc(-c3cscn3)n2c1. The molecule has 6 nitrogen and oxygen atoms in total. The molecule has 3 aromatic heterocycles. The first-order valence-corrected chi connectivity index (χ1v) is 5.66. The largest absolute Gasteiger partial charge is 0.478 e. The topological polar surface area (TPSA) is 80.4 Å². The molecule has 0 fully saturated rings. The highest BCUT2D eigenvalue weighted by atomic mass is 32.1. The van der Waals surface area contributed by atoms with Crippen LogP contribution in [0.25, 0.3) is 17.2 Å². The molecule has 3 rings (SSSR count). The summed E-state index contributed by atoms with van der Waals surface area (Å²) in [5.41, 5.74) is 3.16. The van der Waals surface area contributed by atoms with Gasteiger partial charge in [-0.05, 0) is 12.1 Å². The molecule has 0 saturated heterocycles. The van der Waals surface area contributed by atoms with Crippen molar-refractivity contribution in [2.24, 2.45) is 0 Å². The first kappa shape index (κ1) is 9.91. The van der Waals surface area contributed by atoms with Gasteiger partial charge >= 0.3 is 5.97 Å². The molecule has 3 heterocycles. The van der Waals surface area contributed by atoms with Gasteiger partial charge in [0.1, 0.15) is 5.69 Å². The Morgan fingerprint density at radius 3 is 2.94 bits per heavy atom. The van der Waals surface area contributed by atoms with Crippen LogP contribution in [0.2, 0.25) is 0 Å². The van der Waals surface area contributed by atoms with Gasteiger partial charge in [0, 0.05) is 11.6 Å². The molecule has 0 aromatic carbocycles. The molecule has 0 aliphatic rings. The van der Waals surface area contributed by atoms with E-state index in [0.29, 0.717) is 17.2 Å². The first-order chi connectivity index (χ1) is 8.25. The van der Waals surface area contributed by atoms with Gasteiger partial charge in [-0.1, -0.05) is 0 Å². The van der Waals surface area contributed by atoms with E-state index in [4.69, 9.17) is 5.11 Å².